The Balaban J connectivity index is 2.28. The van der Waals surface area contributed by atoms with E-state index in [0.717, 1.165) is 29.5 Å². The van der Waals surface area contributed by atoms with Crippen molar-refractivity contribution >= 4 is 15.9 Å². The number of nitrogens with one attached hydrogen (secondary N) is 1. The van der Waals surface area contributed by atoms with Gasteiger partial charge in [-0.2, -0.15) is 0 Å². The summed E-state index contributed by atoms with van der Waals surface area (Å²) in [7, 11) is 0. The van der Waals surface area contributed by atoms with Crippen LogP contribution in [0.1, 0.15) is 17.9 Å². The maximum absolute atomic E-state index is 13.0. The predicted octanol–water partition coefficient (Wildman–Crippen LogP) is 2.67. The van der Waals surface area contributed by atoms with E-state index in [1.165, 1.54) is 6.07 Å². The Bertz CT molecular complexity index is 288. The predicted molar refractivity (Wildman–Crippen MR) is 54.3 cm³/mol. The summed E-state index contributed by atoms with van der Waals surface area (Å²) in [6.45, 7) is 2.01. The van der Waals surface area contributed by atoms with Gasteiger partial charge in [-0.15, -0.1) is 0 Å². The standard InChI is InChI=1S/C10H11BrFN/c11-9-3-8(4-10(12)5-9)7-1-2-13-6-7/h3-5,7,13H,1-2,6H2. The Morgan fingerprint density at radius 1 is 1.38 bits per heavy atom. The van der Waals surface area contributed by atoms with Crippen molar-refractivity contribution in [2.75, 3.05) is 13.1 Å². The third kappa shape index (κ3) is 2.09. The zero-order valence-corrected chi connectivity index (χ0v) is 8.77. The van der Waals surface area contributed by atoms with Gasteiger partial charge in [-0.3, -0.25) is 0 Å². The number of halogens is 2. The van der Waals surface area contributed by atoms with Gasteiger partial charge in [0.1, 0.15) is 5.82 Å². The van der Waals surface area contributed by atoms with Gasteiger partial charge in [0, 0.05) is 11.0 Å². The van der Waals surface area contributed by atoms with E-state index < -0.39 is 0 Å². The van der Waals surface area contributed by atoms with Crippen LogP contribution in [0.4, 0.5) is 4.39 Å². The summed E-state index contributed by atoms with van der Waals surface area (Å²) >= 11 is 3.30. The normalized spacial score (nSPS) is 22.2. The molecule has 0 radical (unpaired) electrons. The van der Waals surface area contributed by atoms with Crippen LogP contribution >= 0.6 is 15.9 Å². The average Bonchev–Trinajstić information content (AvgIpc) is 2.53. The Hall–Kier alpha value is -0.410. The van der Waals surface area contributed by atoms with E-state index in [1.807, 2.05) is 6.07 Å². The van der Waals surface area contributed by atoms with Crippen LogP contribution in [0.5, 0.6) is 0 Å². The molecular weight excluding hydrogens is 233 g/mol. The molecule has 1 saturated heterocycles. The second-order valence-electron chi connectivity index (χ2n) is 3.39. The van der Waals surface area contributed by atoms with E-state index >= 15 is 0 Å². The van der Waals surface area contributed by atoms with Crippen molar-refractivity contribution in [3.05, 3.63) is 34.1 Å². The van der Waals surface area contributed by atoms with Crippen LogP contribution in [0.15, 0.2) is 22.7 Å². The summed E-state index contributed by atoms with van der Waals surface area (Å²) < 4.78 is 13.9. The molecular formula is C10H11BrFN. The quantitative estimate of drug-likeness (QED) is 0.800. The maximum Gasteiger partial charge on any atom is 0.124 e. The molecule has 1 aliphatic heterocycles. The Kier molecular flexibility index (Phi) is 2.65. The Morgan fingerprint density at radius 3 is 2.85 bits per heavy atom. The molecule has 1 N–H and O–H groups in total. The second-order valence-corrected chi connectivity index (χ2v) is 4.31. The topological polar surface area (TPSA) is 12.0 Å². The third-order valence-corrected chi connectivity index (χ3v) is 2.87. The number of benzene rings is 1. The fourth-order valence-electron chi connectivity index (χ4n) is 1.75. The fourth-order valence-corrected chi connectivity index (χ4v) is 2.23. The van der Waals surface area contributed by atoms with Gasteiger partial charge in [-0.1, -0.05) is 15.9 Å². The van der Waals surface area contributed by atoms with Crippen LogP contribution in [0.2, 0.25) is 0 Å². The summed E-state index contributed by atoms with van der Waals surface area (Å²) in [5, 5.41) is 3.27. The highest BCUT2D eigenvalue weighted by molar-refractivity contribution is 9.10. The molecule has 1 fully saturated rings. The number of hydrogen-bond donors (Lipinski definition) is 1. The highest BCUT2D eigenvalue weighted by atomic mass is 79.9. The van der Waals surface area contributed by atoms with Gasteiger partial charge in [-0.05, 0) is 42.6 Å². The first kappa shape index (κ1) is 9.16. The molecule has 0 bridgehead atoms. The van der Waals surface area contributed by atoms with Crippen LogP contribution in [-0.4, -0.2) is 13.1 Å². The van der Waals surface area contributed by atoms with Gasteiger partial charge >= 0.3 is 0 Å². The van der Waals surface area contributed by atoms with E-state index in [0.29, 0.717) is 5.92 Å². The van der Waals surface area contributed by atoms with Crippen LogP contribution in [0.3, 0.4) is 0 Å². The SMILES string of the molecule is Fc1cc(Br)cc(C2CCNC2)c1. The van der Waals surface area contributed by atoms with E-state index in [-0.39, 0.29) is 5.82 Å². The molecule has 3 heteroatoms. The summed E-state index contributed by atoms with van der Waals surface area (Å²) in [5.41, 5.74) is 1.09. The van der Waals surface area contributed by atoms with Crippen molar-refractivity contribution < 1.29 is 4.39 Å². The molecule has 1 aromatic carbocycles. The van der Waals surface area contributed by atoms with Crippen molar-refractivity contribution in [2.24, 2.45) is 0 Å². The van der Waals surface area contributed by atoms with Gasteiger partial charge in [0.05, 0.1) is 0 Å². The van der Waals surface area contributed by atoms with Gasteiger partial charge in [0.15, 0.2) is 0 Å². The van der Waals surface area contributed by atoms with Gasteiger partial charge in [0.25, 0.3) is 0 Å². The van der Waals surface area contributed by atoms with Crippen LogP contribution in [-0.2, 0) is 0 Å². The molecule has 1 atom stereocenters. The summed E-state index contributed by atoms with van der Waals surface area (Å²) in [6, 6.07) is 5.12. The van der Waals surface area contributed by atoms with Gasteiger partial charge < -0.3 is 5.32 Å². The molecule has 70 valence electrons. The molecule has 1 nitrogen and oxygen atoms in total. The molecule has 0 saturated carbocycles. The largest absolute Gasteiger partial charge is 0.316 e. The van der Waals surface area contributed by atoms with E-state index in [9.17, 15) is 4.39 Å². The summed E-state index contributed by atoms with van der Waals surface area (Å²) in [4.78, 5) is 0. The van der Waals surface area contributed by atoms with Crippen molar-refractivity contribution in [1.82, 2.24) is 5.32 Å². The van der Waals surface area contributed by atoms with Crippen molar-refractivity contribution in [3.63, 3.8) is 0 Å². The zero-order valence-electron chi connectivity index (χ0n) is 7.19. The molecule has 0 aromatic heterocycles. The molecule has 0 spiro atoms. The fraction of sp³-hybridized carbons (Fsp3) is 0.400. The lowest BCUT2D eigenvalue weighted by molar-refractivity contribution is 0.620. The van der Waals surface area contributed by atoms with E-state index in [1.54, 1.807) is 6.07 Å². The van der Waals surface area contributed by atoms with E-state index in [2.05, 4.69) is 21.2 Å². The highest BCUT2D eigenvalue weighted by Gasteiger charge is 2.17. The molecule has 0 aliphatic carbocycles. The third-order valence-electron chi connectivity index (χ3n) is 2.42. The van der Waals surface area contributed by atoms with Crippen LogP contribution < -0.4 is 5.32 Å². The number of rotatable bonds is 1. The second kappa shape index (κ2) is 3.76. The first-order valence-corrected chi connectivity index (χ1v) is 5.22. The molecule has 1 heterocycles. The molecule has 1 aliphatic rings. The molecule has 0 amide bonds. The summed E-state index contributed by atoms with van der Waals surface area (Å²) in [6.07, 6.45) is 1.11. The summed E-state index contributed by atoms with van der Waals surface area (Å²) in [5.74, 6) is 0.322. The minimum absolute atomic E-state index is 0.156. The minimum Gasteiger partial charge on any atom is -0.316 e. The van der Waals surface area contributed by atoms with Crippen molar-refractivity contribution in [1.29, 1.82) is 0 Å². The molecule has 1 aromatic rings. The molecule has 13 heavy (non-hydrogen) atoms. The molecule has 1 unspecified atom stereocenters. The first-order chi connectivity index (χ1) is 6.25. The zero-order chi connectivity index (χ0) is 9.26. The first-order valence-electron chi connectivity index (χ1n) is 4.42. The lowest BCUT2D eigenvalue weighted by atomic mass is 9.99. The lowest BCUT2D eigenvalue weighted by Crippen LogP contribution is -2.08. The number of hydrogen-bond acceptors (Lipinski definition) is 1. The Labute approximate surface area is 85.5 Å². The van der Waals surface area contributed by atoms with Crippen LogP contribution in [0.25, 0.3) is 0 Å². The monoisotopic (exact) mass is 243 g/mol. The highest BCUT2D eigenvalue weighted by Crippen LogP contribution is 2.25. The van der Waals surface area contributed by atoms with Crippen molar-refractivity contribution in [2.45, 2.75) is 12.3 Å². The maximum atomic E-state index is 13.0. The van der Waals surface area contributed by atoms with Crippen molar-refractivity contribution in [3.8, 4) is 0 Å². The Morgan fingerprint density at radius 2 is 2.23 bits per heavy atom. The minimum atomic E-state index is -0.156. The molecule has 2 rings (SSSR count). The van der Waals surface area contributed by atoms with E-state index in [4.69, 9.17) is 0 Å². The lowest BCUT2D eigenvalue weighted by Gasteiger charge is -2.08. The smallest absolute Gasteiger partial charge is 0.124 e. The van der Waals surface area contributed by atoms with Gasteiger partial charge in [-0.25, -0.2) is 4.39 Å². The van der Waals surface area contributed by atoms with Crippen LogP contribution in [0, 0.1) is 5.82 Å². The average molecular weight is 244 g/mol. The van der Waals surface area contributed by atoms with Gasteiger partial charge in [0.2, 0.25) is 0 Å².